The van der Waals surface area contributed by atoms with E-state index in [0.717, 1.165) is 24.3 Å². The summed E-state index contributed by atoms with van der Waals surface area (Å²) in [6.45, 7) is 2.64. The summed E-state index contributed by atoms with van der Waals surface area (Å²) in [6.07, 6.45) is 3.05. The molecule has 2 rings (SSSR count). The molecule has 2 aromatic carbocycles. The molecular weight excluding hydrogens is 472 g/mol. The van der Waals surface area contributed by atoms with Crippen LogP contribution < -0.4 is 19.5 Å². The largest absolute Gasteiger partial charge is 0.494 e. The Morgan fingerprint density at radius 3 is 2.10 bits per heavy atom. The second-order valence-corrected chi connectivity index (χ2v) is 7.95. The standard InChI is InChI=1S/C21H21Cl4NO4/c1-14(27)26-15-4-6-16(7-5-15)28-9-2-3-10-30-21-18(22)12-17(13-19(21)23)29-11-8-20(24)25/h4-8,12-13H,2-3,9-11H2,1H3,(H,26,27). The lowest BCUT2D eigenvalue weighted by Gasteiger charge is -2.12. The van der Waals surface area contributed by atoms with Gasteiger partial charge in [0.15, 0.2) is 5.75 Å². The van der Waals surface area contributed by atoms with Crippen LogP contribution in [0.5, 0.6) is 17.2 Å². The van der Waals surface area contributed by atoms with Crippen molar-refractivity contribution in [3.8, 4) is 17.2 Å². The zero-order valence-corrected chi connectivity index (χ0v) is 19.2. The zero-order valence-electron chi connectivity index (χ0n) is 16.2. The fourth-order valence-corrected chi connectivity index (χ4v) is 3.07. The minimum absolute atomic E-state index is 0.112. The van der Waals surface area contributed by atoms with E-state index in [1.807, 2.05) is 12.1 Å². The van der Waals surface area contributed by atoms with Gasteiger partial charge in [0.25, 0.3) is 0 Å². The van der Waals surface area contributed by atoms with Crippen LogP contribution in [0.2, 0.25) is 10.0 Å². The summed E-state index contributed by atoms with van der Waals surface area (Å²) in [5, 5.41) is 3.42. The molecule has 0 unspecified atom stereocenters. The molecule has 0 atom stereocenters. The van der Waals surface area contributed by atoms with E-state index in [1.165, 1.54) is 13.0 Å². The second kappa shape index (κ2) is 12.8. The van der Waals surface area contributed by atoms with Crippen molar-refractivity contribution in [3.05, 3.63) is 57.0 Å². The molecule has 0 aliphatic carbocycles. The monoisotopic (exact) mass is 491 g/mol. The molecule has 2 aromatic rings. The number of amides is 1. The second-order valence-electron chi connectivity index (χ2n) is 6.13. The Hall–Kier alpha value is -1.79. The van der Waals surface area contributed by atoms with E-state index >= 15 is 0 Å². The summed E-state index contributed by atoms with van der Waals surface area (Å²) in [7, 11) is 0. The van der Waals surface area contributed by atoms with E-state index in [1.54, 1.807) is 24.3 Å². The van der Waals surface area contributed by atoms with Crippen molar-refractivity contribution in [1.29, 1.82) is 0 Å². The molecule has 0 saturated carbocycles. The summed E-state index contributed by atoms with van der Waals surface area (Å²) in [6, 6.07) is 10.4. The third kappa shape index (κ3) is 8.92. The van der Waals surface area contributed by atoms with Crippen LogP contribution in [0, 0.1) is 0 Å². The lowest BCUT2D eigenvalue weighted by Crippen LogP contribution is -2.06. The molecule has 0 radical (unpaired) electrons. The number of hydrogen-bond acceptors (Lipinski definition) is 4. The molecule has 1 amide bonds. The molecule has 0 fully saturated rings. The van der Waals surface area contributed by atoms with Crippen LogP contribution in [0.15, 0.2) is 47.0 Å². The van der Waals surface area contributed by atoms with Gasteiger partial charge in [-0.1, -0.05) is 46.4 Å². The predicted molar refractivity (Wildman–Crippen MR) is 123 cm³/mol. The first kappa shape index (κ1) is 24.5. The molecule has 0 aliphatic rings. The van der Waals surface area contributed by atoms with E-state index in [-0.39, 0.29) is 17.0 Å². The van der Waals surface area contributed by atoms with Crippen LogP contribution in [0.3, 0.4) is 0 Å². The van der Waals surface area contributed by atoms with E-state index in [0.29, 0.717) is 34.8 Å². The number of benzene rings is 2. The van der Waals surface area contributed by atoms with Crippen LogP contribution >= 0.6 is 46.4 Å². The van der Waals surface area contributed by atoms with E-state index in [9.17, 15) is 4.79 Å². The Bertz CT molecular complexity index is 845. The maximum Gasteiger partial charge on any atom is 0.221 e. The van der Waals surface area contributed by atoms with E-state index < -0.39 is 0 Å². The molecule has 0 aliphatic heterocycles. The van der Waals surface area contributed by atoms with Gasteiger partial charge in [0.1, 0.15) is 22.6 Å². The lowest BCUT2D eigenvalue weighted by molar-refractivity contribution is -0.114. The summed E-state index contributed by atoms with van der Waals surface area (Å²) < 4.78 is 17.0. The van der Waals surface area contributed by atoms with Gasteiger partial charge in [-0.15, -0.1) is 0 Å². The molecule has 9 heteroatoms. The number of ether oxygens (including phenoxy) is 3. The van der Waals surface area contributed by atoms with Gasteiger partial charge in [-0.25, -0.2) is 0 Å². The number of hydrogen-bond donors (Lipinski definition) is 1. The molecule has 1 N–H and O–H groups in total. The maximum absolute atomic E-state index is 11.0. The van der Waals surface area contributed by atoms with Crippen LogP contribution in [0.25, 0.3) is 0 Å². The topological polar surface area (TPSA) is 56.8 Å². The predicted octanol–water partition coefficient (Wildman–Crippen LogP) is 6.89. The minimum Gasteiger partial charge on any atom is -0.494 e. The maximum atomic E-state index is 11.0. The molecule has 30 heavy (non-hydrogen) atoms. The van der Waals surface area contributed by atoms with Gasteiger partial charge in [0.05, 0.1) is 23.3 Å². The average Bonchev–Trinajstić information content (AvgIpc) is 2.67. The SMILES string of the molecule is CC(=O)Nc1ccc(OCCCCOc2c(Cl)cc(OCC=C(Cl)Cl)cc2Cl)cc1. The van der Waals surface area contributed by atoms with Gasteiger partial charge in [0, 0.05) is 24.7 Å². The smallest absolute Gasteiger partial charge is 0.221 e. The summed E-state index contributed by atoms with van der Waals surface area (Å²) in [5.41, 5.74) is 0.729. The third-order valence-electron chi connectivity index (χ3n) is 3.69. The number of rotatable bonds is 11. The van der Waals surface area contributed by atoms with E-state index in [4.69, 9.17) is 60.6 Å². The first-order valence-corrected chi connectivity index (χ1v) is 10.6. The number of nitrogens with one attached hydrogen (secondary N) is 1. The molecule has 0 aromatic heterocycles. The van der Waals surface area contributed by atoms with Gasteiger partial charge in [-0.05, 0) is 43.2 Å². The Morgan fingerprint density at radius 1 is 0.933 bits per heavy atom. The Kier molecular flexibility index (Phi) is 10.4. The van der Waals surface area contributed by atoms with Gasteiger partial charge < -0.3 is 19.5 Å². The molecule has 5 nitrogen and oxygen atoms in total. The average molecular weight is 493 g/mol. The normalized spacial score (nSPS) is 10.3. The van der Waals surface area contributed by atoms with Crippen molar-refractivity contribution in [2.24, 2.45) is 0 Å². The first-order valence-electron chi connectivity index (χ1n) is 9.11. The highest BCUT2D eigenvalue weighted by Gasteiger charge is 2.10. The number of anilines is 1. The van der Waals surface area contributed by atoms with Crippen molar-refractivity contribution in [2.75, 3.05) is 25.1 Å². The number of carbonyl (C=O) groups is 1. The molecule has 0 bridgehead atoms. The Labute approximate surface area is 195 Å². The van der Waals surface area contributed by atoms with Crippen molar-refractivity contribution in [1.82, 2.24) is 0 Å². The minimum atomic E-state index is -0.112. The van der Waals surface area contributed by atoms with Crippen molar-refractivity contribution >= 4 is 58.0 Å². The quantitative estimate of drug-likeness (QED) is 0.347. The fourth-order valence-electron chi connectivity index (χ4n) is 2.36. The summed E-state index contributed by atoms with van der Waals surface area (Å²) >= 11 is 23.5. The van der Waals surface area contributed by atoms with E-state index in [2.05, 4.69) is 5.32 Å². The number of carbonyl (C=O) groups excluding carboxylic acids is 1. The van der Waals surface area contributed by atoms with Crippen molar-refractivity contribution in [3.63, 3.8) is 0 Å². The lowest BCUT2D eigenvalue weighted by atomic mass is 10.3. The van der Waals surface area contributed by atoms with Crippen molar-refractivity contribution in [2.45, 2.75) is 19.8 Å². The molecule has 0 spiro atoms. The van der Waals surface area contributed by atoms with Crippen LogP contribution in [0.4, 0.5) is 5.69 Å². The third-order valence-corrected chi connectivity index (χ3v) is 4.56. The van der Waals surface area contributed by atoms with Crippen molar-refractivity contribution < 1.29 is 19.0 Å². The highest BCUT2D eigenvalue weighted by Crippen LogP contribution is 2.37. The molecule has 0 heterocycles. The number of halogens is 4. The highest BCUT2D eigenvalue weighted by atomic mass is 35.5. The molecular formula is C21H21Cl4NO4. The number of unbranched alkanes of at least 4 members (excludes halogenated alkanes) is 1. The zero-order chi connectivity index (χ0) is 21.9. The molecule has 162 valence electrons. The van der Waals surface area contributed by atoms with Gasteiger partial charge in [-0.2, -0.15) is 0 Å². The summed E-state index contributed by atoms with van der Waals surface area (Å²) in [5.74, 6) is 1.52. The van der Waals surface area contributed by atoms with Crippen LogP contribution in [0.1, 0.15) is 19.8 Å². The molecule has 0 saturated heterocycles. The summed E-state index contributed by atoms with van der Waals surface area (Å²) in [4.78, 5) is 11.0. The highest BCUT2D eigenvalue weighted by molar-refractivity contribution is 6.55. The Morgan fingerprint density at radius 2 is 1.53 bits per heavy atom. The van der Waals surface area contributed by atoms with Gasteiger partial charge in [0.2, 0.25) is 5.91 Å². The fraction of sp³-hybridized carbons (Fsp3) is 0.286. The Balaban J connectivity index is 1.71. The van der Waals surface area contributed by atoms with Gasteiger partial charge >= 0.3 is 0 Å². The van der Waals surface area contributed by atoms with Gasteiger partial charge in [-0.3, -0.25) is 4.79 Å². The van der Waals surface area contributed by atoms with Crippen LogP contribution in [-0.2, 0) is 4.79 Å². The first-order chi connectivity index (χ1) is 14.3. The van der Waals surface area contributed by atoms with Crippen LogP contribution in [-0.4, -0.2) is 25.7 Å².